The number of hydrogen-bond acceptors (Lipinski definition) is 3. The molecule has 90 valence electrons. The van der Waals surface area contributed by atoms with Gasteiger partial charge in [0.1, 0.15) is 11.6 Å². The average molecular weight is 304 g/mol. The Morgan fingerprint density at radius 3 is 2.72 bits per heavy atom. The number of phenolic OH excluding ortho intramolecular Hbond substituents is 1. The number of phenols is 1. The lowest BCUT2D eigenvalue weighted by molar-refractivity contribution is 0.478. The van der Waals surface area contributed by atoms with E-state index < -0.39 is 0 Å². The molecular weight excluding hydrogens is 294 g/mol. The topological polar surface area (TPSA) is 74.9 Å². The molecule has 0 saturated carbocycles. The smallest absolute Gasteiger partial charge is 0.145 e. The number of halogens is 1. The Balaban J connectivity index is 2.36. The second kappa shape index (κ2) is 4.03. The van der Waals surface area contributed by atoms with Gasteiger partial charge in [-0.25, -0.2) is 0 Å². The van der Waals surface area contributed by atoms with Gasteiger partial charge in [-0.3, -0.25) is 5.10 Å². The van der Waals surface area contributed by atoms with Gasteiger partial charge in [0.05, 0.1) is 5.69 Å². The third kappa shape index (κ3) is 1.73. The summed E-state index contributed by atoms with van der Waals surface area (Å²) >= 11 is 3.43. The Kier molecular flexibility index (Phi) is 2.48. The van der Waals surface area contributed by atoms with Crippen molar-refractivity contribution in [3.63, 3.8) is 0 Å². The summed E-state index contributed by atoms with van der Waals surface area (Å²) in [7, 11) is 0. The van der Waals surface area contributed by atoms with E-state index in [4.69, 9.17) is 5.73 Å². The lowest BCUT2D eigenvalue weighted by atomic mass is 10.0. The number of rotatable bonds is 1. The van der Waals surface area contributed by atoms with Crippen LogP contribution in [0.4, 0.5) is 5.82 Å². The van der Waals surface area contributed by atoms with Crippen LogP contribution in [0.1, 0.15) is 0 Å². The van der Waals surface area contributed by atoms with Crippen LogP contribution in [-0.4, -0.2) is 15.3 Å². The number of aromatic amines is 1. The predicted molar refractivity (Wildman–Crippen MR) is 75.3 cm³/mol. The van der Waals surface area contributed by atoms with Crippen molar-refractivity contribution in [2.45, 2.75) is 0 Å². The molecule has 0 amide bonds. The van der Waals surface area contributed by atoms with Gasteiger partial charge in [0.15, 0.2) is 0 Å². The molecule has 0 aliphatic carbocycles. The summed E-state index contributed by atoms with van der Waals surface area (Å²) in [6.07, 6.45) is 0. The molecule has 18 heavy (non-hydrogen) atoms. The standard InChI is InChI=1S/C13H10BrN3O/c14-8-2-3-9-7(5-8)1-4-11(18)13(9)10-6-12(15)17-16-10/h1-6,18H,(H3,15,16,17). The Morgan fingerprint density at radius 1 is 1.17 bits per heavy atom. The summed E-state index contributed by atoms with van der Waals surface area (Å²) in [6, 6.07) is 11.1. The first-order valence-corrected chi connectivity index (χ1v) is 6.17. The lowest BCUT2D eigenvalue weighted by Crippen LogP contribution is -1.83. The third-order valence-corrected chi connectivity index (χ3v) is 3.32. The zero-order valence-corrected chi connectivity index (χ0v) is 10.9. The molecular formula is C13H10BrN3O. The molecule has 0 bridgehead atoms. The average Bonchev–Trinajstić information content (AvgIpc) is 2.76. The summed E-state index contributed by atoms with van der Waals surface area (Å²) in [5.74, 6) is 0.604. The lowest BCUT2D eigenvalue weighted by Gasteiger charge is -2.07. The van der Waals surface area contributed by atoms with Crippen LogP contribution in [0.15, 0.2) is 40.9 Å². The Bertz CT molecular complexity index is 736. The van der Waals surface area contributed by atoms with Crippen LogP contribution in [0.2, 0.25) is 0 Å². The molecule has 0 fully saturated rings. The van der Waals surface area contributed by atoms with E-state index in [2.05, 4.69) is 26.1 Å². The minimum atomic E-state index is 0.202. The normalized spacial score (nSPS) is 10.9. The van der Waals surface area contributed by atoms with E-state index in [1.54, 1.807) is 12.1 Å². The molecule has 0 spiro atoms. The second-order valence-corrected chi connectivity index (χ2v) is 4.95. The fraction of sp³-hybridized carbons (Fsp3) is 0. The van der Waals surface area contributed by atoms with Gasteiger partial charge in [0, 0.05) is 16.1 Å². The number of nitrogens with two attached hydrogens (primary N) is 1. The van der Waals surface area contributed by atoms with Gasteiger partial charge in [-0.15, -0.1) is 0 Å². The summed E-state index contributed by atoms with van der Waals surface area (Å²) < 4.78 is 0.996. The van der Waals surface area contributed by atoms with Crippen molar-refractivity contribution in [1.29, 1.82) is 0 Å². The molecule has 3 aromatic rings. The molecule has 4 N–H and O–H groups in total. The van der Waals surface area contributed by atoms with E-state index in [9.17, 15) is 5.11 Å². The molecule has 0 atom stereocenters. The number of hydrogen-bond donors (Lipinski definition) is 3. The van der Waals surface area contributed by atoms with Crippen LogP contribution < -0.4 is 5.73 Å². The van der Waals surface area contributed by atoms with Gasteiger partial charge in [0.25, 0.3) is 0 Å². The van der Waals surface area contributed by atoms with Crippen LogP contribution in [0.5, 0.6) is 5.75 Å². The van der Waals surface area contributed by atoms with Crippen LogP contribution in [0.3, 0.4) is 0 Å². The SMILES string of the molecule is Nc1cc(-c2c(O)ccc3cc(Br)ccc23)[nH]n1. The molecule has 5 heteroatoms. The number of nitrogens with zero attached hydrogens (tertiary/aromatic N) is 1. The molecule has 4 nitrogen and oxygen atoms in total. The summed E-state index contributed by atoms with van der Waals surface area (Å²) in [5, 5.41) is 18.7. The fourth-order valence-corrected chi connectivity index (χ4v) is 2.42. The van der Waals surface area contributed by atoms with Crippen LogP contribution in [0.25, 0.3) is 22.0 Å². The van der Waals surface area contributed by atoms with Gasteiger partial charge in [-0.1, -0.05) is 28.1 Å². The molecule has 3 rings (SSSR count). The molecule has 1 heterocycles. The van der Waals surface area contributed by atoms with Gasteiger partial charge < -0.3 is 10.8 Å². The third-order valence-electron chi connectivity index (χ3n) is 2.83. The minimum Gasteiger partial charge on any atom is -0.507 e. The summed E-state index contributed by atoms with van der Waals surface area (Å²) in [4.78, 5) is 0. The minimum absolute atomic E-state index is 0.202. The van der Waals surface area contributed by atoms with E-state index in [-0.39, 0.29) is 5.75 Å². The maximum atomic E-state index is 10.0. The first kappa shape index (κ1) is 11.1. The Morgan fingerprint density at radius 2 is 2.00 bits per heavy atom. The first-order chi connectivity index (χ1) is 8.65. The van der Waals surface area contributed by atoms with Gasteiger partial charge in [0.2, 0.25) is 0 Å². The van der Waals surface area contributed by atoms with E-state index in [1.807, 2.05) is 24.3 Å². The Labute approximate surface area is 112 Å². The molecule has 1 aromatic heterocycles. The number of nitrogens with one attached hydrogen (secondary N) is 1. The molecule has 0 aliphatic heterocycles. The van der Waals surface area contributed by atoms with Crippen molar-refractivity contribution in [1.82, 2.24) is 10.2 Å². The highest BCUT2D eigenvalue weighted by atomic mass is 79.9. The summed E-state index contributed by atoms with van der Waals surface area (Å²) in [5.41, 5.74) is 7.02. The predicted octanol–water partition coefficient (Wildman–Crippen LogP) is 3.28. The number of aromatic nitrogens is 2. The molecule has 0 aliphatic rings. The largest absolute Gasteiger partial charge is 0.507 e. The maximum absolute atomic E-state index is 10.0. The monoisotopic (exact) mass is 303 g/mol. The van der Waals surface area contributed by atoms with Crippen molar-refractivity contribution in [2.24, 2.45) is 0 Å². The van der Waals surface area contributed by atoms with E-state index >= 15 is 0 Å². The number of fused-ring (bicyclic) bond motifs is 1. The number of benzene rings is 2. The number of anilines is 1. The molecule has 0 radical (unpaired) electrons. The van der Waals surface area contributed by atoms with E-state index in [1.165, 1.54) is 0 Å². The number of H-pyrrole nitrogens is 1. The van der Waals surface area contributed by atoms with Crippen molar-refractivity contribution in [3.05, 3.63) is 40.9 Å². The number of aromatic hydroxyl groups is 1. The van der Waals surface area contributed by atoms with E-state index in [0.29, 0.717) is 17.1 Å². The highest BCUT2D eigenvalue weighted by Crippen LogP contribution is 2.36. The Hall–Kier alpha value is -2.01. The molecule has 2 aromatic carbocycles. The quantitative estimate of drug-likeness (QED) is 0.646. The zero-order chi connectivity index (χ0) is 12.7. The highest BCUT2D eigenvalue weighted by Gasteiger charge is 2.11. The second-order valence-electron chi connectivity index (χ2n) is 4.03. The fourth-order valence-electron chi connectivity index (χ4n) is 2.04. The molecule has 0 saturated heterocycles. The van der Waals surface area contributed by atoms with Crippen LogP contribution >= 0.6 is 15.9 Å². The zero-order valence-electron chi connectivity index (χ0n) is 9.31. The van der Waals surface area contributed by atoms with Gasteiger partial charge in [-0.2, -0.15) is 5.10 Å². The summed E-state index contributed by atoms with van der Waals surface area (Å²) in [6.45, 7) is 0. The van der Waals surface area contributed by atoms with Gasteiger partial charge >= 0.3 is 0 Å². The van der Waals surface area contributed by atoms with E-state index in [0.717, 1.165) is 15.2 Å². The van der Waals surface area contributed by atoms with Crippen molar-refractivity contribution >= 4 is 32.5 Å². The van der Waals surface area contributed by atoms with Crippen molar-refractivity contribution < 1.29 is 5.11 Å². The van der Waals surface area contributed by atoms with Crippen molar-refractivity contribution in [3.8, 4) is 17.0 Å². The first-order valence-electron chi connectivity index (χ1n) is 5.37. The van der Waals surface area contributed by atoms with Gasteiger partial charge in [-0.05, 0) is 29.0 Å². The highest BCUT2D eigenvalue weighted by molar-refractivity contribution is 9.10. The van der Waals surface area contributed by atoms with Crippen LogP contribution in [0, 0.1) is 0 Å². The molecule has 0 unspecified atom stereocenters. The van der Waals surface area contributed by atoms with Crippen molar-refractivity contribution in [2.75, 3.05) is 5.73 Å². The van der Waals surface area contributed by atoms with Crippen LogP contribution in [-0.2, 0) is 0 Å². The maximum Gasteiger partial charge on any atom is 0.145 e. The number of nitrogen functional groups attached to an aromatic ring is 1.